The quantitative estimate of drug-likeness (QED) is 0.879. The minimum absolute atomic E-state index is 0.218. The summed E-state index contributed by atoms with van der Waals surface area (Å²) in [6.45, 7) is 6.68. The lowest BCUT2D eigenvalue weighted by Gasteiger charge is -2.02. The molecule has 1 fully saturated rings. The molecule has 1 aliphatic rings. The summed E-state index contributed by atoms with van der Waals surface area (Å²) in [6, 6.07) is 8.16. The third kappa shape index (κ3) is 2.05. The highest BCUT2D eigenvalue weighted by Crippen LogP contribution is 2.70. The molecule has 1 saturated carbocycles. The number of hydrogen-bond donors (Lipinski definition) is 1. The van der Waals surface area contributed by atoms with Crippen LogP contribution in [0.5, 0.6) is 0 Å². The van der Waals surface area contributed by atoms with Gasteiger partial charge in [-0.2, -0.15) is 0 Å². The SMILES string of the molecule is Cc1sc(N)nc1[C@@H]1[C@@H](c2cccc(Cl)c2)C1(C)C. The van der Waals surface area contributed by atoms with E-state index in [0.29, 0.717) is 17.0 Å². The van der Waals surface area contributed by atoms with Gasteiger partial charge in [0.05, 0.1) is 5.69 Å². The van der Waals surface area contributed by atoms with Crippen LogP contribution < -0.4 is 5.73 Å². The van der Waals surface area contributed by atoms with Gasteiger partial charge in [-0.3, -0.25) is 0 Å². The summed E-state index contributed by atoms with van der Waals surface area (Å²) < 4.78 is 0. The molecule has 0 aliphatic heterocycles. The van der Waals surface area contributed by atoms with Gasteiger partial charge >= 0.3 is 0 Å². The Morgan fingerprint density at radius 1 is 1.32 bits per heavy atom. The van der Waals surface area contributed by atoms with E-state index < -0.39 is 0 Å². The average Bonchev–Trinajstić information content (AvgIpc) is 2.72. The molecule has 0 bridgehead atoms. The second kappa shape index (κ2) is 4.22. The number of nitrogens with zero attached hydrogens (tertiary/aromatic N) is 1. The van der Waals surface area contributed by atoms with Gasteiger partial charge in [0.25, 0.3) is 0 Å². The molecule has 2 N–H and O–H groups in total. The number of halogens is 1. The summed E-state index contributed by atoms with van der Waals surface area (Å²) in [5.74, 6) is 0.922. The van der Waals surface area contributed by atoms with Crippen molar-refractivity contribution in [1.29, 1.82) is 0 Å². The van der Waals surface area contributed by atoms with E-state index in [4.69, 9.17) is 17.3 Å². The highest BCUT2D eigenvalue weighted by molar-refractivity contribution is 7.15. The summed E-state index contributed by atoms with van der Waals surface area (Å²) >= 11 is 7.68. The van der Waals surface area contributed by atoms with Crippen molar-refractivity contribution in [3.8, 4) is 0 Å². The molecule has 3 rings (SSSR count). The summed E-state index contributed by atoms with van der Waals surface area (Å²) in [5, 5.41) is 1.47. The molecule has 1 aromatic carbocycles. The van der Waals surface area contributed by atoms with Crippen molar-refractivity contribution in [2.24, 2.45) is 5.41 Å². The number of anilines is 1. The molecular weight excluding hydrogens is 276 g/mol. The number of nitrogen functional groups attached to an aromatic ring is 1. The lowest BCUT2D eigenvalue weighted by molar-refractivity contribution is 0.598. The minimum atomic E-state index is 0.218. The third-order valence-electron chi connectivity index (χ3n) is 4.18. The number of aryl methyl sites for hydroxylation is 1. The van der Waals surface area contributed by atoms with E-state index in [9.17, 15) is 0 Å². The van der Waals surface area contributed by atoms with E-state index in [-0.39, 0.29) is 5.41 Å². The van der Waals surface area contributed by atoms with E-state index in [1.807, 2.05) is 12.1 Å². The molecule has 1 aromatic heterocycles. The van der Waals surface area contributed by atoms with Gasteiger partial charge in [0.2, 0.25) is 0 Å². The topological polar surface area (TPSA) is 38.9 Å². The van der Waals surface area contributed by atoms with Crippen LogP contribution >= 0.6 is 22.9 Å². The average molecular weight is 293 g/mol. The fourth-order valence-electron chi connectivity index (χ4n) is 3.19. The van der Waals surface area contributed by atoms with Crippen LogP contribution in [0.1, 0.15) is 41.8 Å². The molecule has 100 valence electrons. The van der Waals surface area contributed by atoms with Gasteiger partial charge < -0.3 is 5.73 Å². The first kappa shape index (κ1) is 12.9. The van der Waals surface area contributed by atoms with Gasteiger partial charge in [0, 0.05) is 15.8 Å². The Morgan fingerprint density at radius 2 is 2.05 bits per heavy atom. The second-order valence-electron chi connectivity index (χ2n) is 5.83. The summed E-state index contributed by atoms with van der Waals surface area (Å²) in [4.78, 5) is 5.77. The maximum Gasteiger partial charge on any atom is 0.180 e. The molecule has 19 heavy (non-hydrogen) atoms. The molecule has 0 spiro atoms. The normalized spacial score (nSPS) is 24.4. The summed E-state index contributed by atoms with van der Waals surface area (Å²) in [7, 11) is 0. The maximum atomic E-state index is 6.11. The van der Waals surface area contributed by atoms with Gasteiger partial charge in [-0.1, -0.05) is 37.6 Å². The standard InChI is InChI=1S/C15H17ClN2S/c1-8-13(18-14(17)19-8)12-11(15(12,2)3)9-5-4-6-10(16)7-9/h4-7,11-12H,1-3H3,(H2,17,18)/t11-,12+/m1/s1. The number of aromatic nitrogens is 1. The number of thiazole rings is 1. The van der Waals surface area contributed by atoms with Crippen LogP contribution in [0.2, 0.25) is 5.02 Å². The lowest BCUT2D eigenvalue weighted by Crippen LogP contribution is -1.92. The first-order chi connectivity index (χ1) is 8.91. The minimum Gasteiger partial charge on any atom is -0.375 e. The molecule has 4 heteroatoms. The Hall–Kier alpha value is -1.06. The van der Waals surface area contributed by atoms with E-state index in [1.165, 1.54) is 10.4 Å². The smallest absolute Gasteiger partial charge is 0.180 e. The number of hydrogen-bond acceptors (Lipinski definition) is 3. The Bertz CT molecular complexity index is 633. The highest BCUT2D eigenvalue weighted by atomic mass is 35.5. The number of benzene rings is 1. The second-order valence-corrected chi connectivity index (χ2v) is 7.50. The third-order valence-corrected chi connectivity index (χ3v) is 5.23. The predicted molar refractivity (Wildman–Crippen MR) is 82.0 cm³/mol. The Labute approximate surface area is 122 Å². The van der Waals surface area contributed by atoms with E-state index in [1.54, 1.807) is 11.3 Å². The predicted octanol–water partition coefficient (Wildman–Crippen LogP) is 4.59. The van der Waals surface area contributed by atoms with Crippen LogP contribution in [-0.4, -0.2) is 4.98 Å². The number of rotatable bonds is 2. The number of nitrogens with two attached hydrogens (primary N) is 1. The van der Waals surface area contributed by atoms with Crippen molar-refractivity contribution in [3.05, 3.63) is 45.4 Å². The zero-order valence-corrected chi connectivity index (χ0v) is 12.8. The zero-order valence-electron chi connectivity index (χ0n) is 11.3. The largest absolute Gasteiger partial charge is 0.375 e. The summed E-state index contributed by atoms with van der Waals surface area (Å²) in [5.41, 5.74) is 8.51. The van der Waals surface area contributed by atoms with Crippen LogP contribution in [0, 0.1) is 12.3 Å². The van der Waals surface area contributed by atoms with E-state index in [0.717, 1.165) is 10.7 Å². The first-order valence-corrected chi connectivity index (χ1v) is 7.59. The molecule has 0 unspecified atom stereocenters. The fourth-order valence-corrected chi connectivity index (χ4v) is 4.12. The van der Waals surface area contributed by atoms with Crippen molar-refractivity contribution >= 4 is 28.1 Å². The van der Waals surface area contributed by atoms with Gasteiger partial charge in [-0.05, 0) is 36.0 Å². The van der Waals surface area contributed by atoms with Crippen LogP contribution in [0.25, 0.3) is 0 Å². The van der Waals surface area contributed by atoms with Gasteiger partial charge in [0.1, 0.15) is 0 Å². The summed E-state index contributed by atoms with van der Waals surface area (Å²) in [6.07, 6.45) is 0. The van der Waals surface area contributed by atoms with E-state index in [2.05, 4.69) is 37.9 Å². The van der Waals surface area contributed by atoms with Gasteiger partial charge in [-0.15, -0.1) is 11.3 Å². The van der Waals surface area contributed by atoms with Gasteiger partial charge in [0.15, 0.2) is 5.13 Å². The Morgan fingerprint density at radius 3 is 2.63 bits per heavy atom. The molecule has 2 nitrogen and oxygen atoms in total. The molecule has 0 radical (unpaired) electrons. The monoisotopic (exact) mass is 292 g/mol. The first-order valence-electron chi connectivity index (χ1n) is 6.39. The van der Waals surface area contributed by atoms with Crippen molar-refractivity contribution in [1.82, 2.24) is 4.98 Å². The van der Waals surface area contributed by atoms with Crippen molar-refractivity contribution in [2.45, 2.75) is 32.6 Å². The van der Waals surface area contributed by atoms with Crippen LogP contribution in [0.3, 0.4) is 0 Å². The fraction of sp³-hybridized carbons (Fsp3) is 0.400. The van der Waals surface area contributed by atoms with Crippen LogP contribution in [-0.2, 0) is 0 Å². The van der Waals surface area contributed by atoms with E-state index >= 15 is 0 Å². The Kier molecular flexibility index (Phi) is 2.88. The lowest BCUT2D eigenvalue weighted by atomic mass is 10.0. The zero-order chi connectivity index (χ0) is 13.8. The van der Waals surface area contributed by atoms with Crippen molar-refractivity contribution < 1.29 is 0 Å². The molecule has 0 amide bonds. The van der Waals surface area contributed by atoms with Crippen LogP contribution in [0.15, 0.2) is 24.3 Å². The molecule has 2 atom stereocenters. The maximum absolute atomic E-state index is 6.11. The van der Waals surface area contributed by atoms with Crippen molar-refractivity contribution in [3.63, 3.8) is 0 Å². The highest BCUT2D eigenvalue weighted by Gasteiger charge is 2.60. The molecule has 1 aliphatic carbocycles. The van der Waals surface area contributed by atoms with Crippen LogP contribution in [0.4, 0.5) is 5.13 Å². The molecular formula is C15H17ClN2S. The Balaban J connectivity index is 1.99. The van der Waals surface area contributed by atoms with Gasteiger partial charge in [-0.25, -0.2) is 4.98 Å². The molecule has 0 saturated heterocycles. The van der Waals surface area contributed by atoms with Crippen molar-refractivity contribution in [2.75, 3.05) is 5.73 Å². The molecule has 1 heterocycles. The molecule has 2 aromatic rings.